The third-order valence-corrected chi connectivity index (χ3v) is 9.55. The summed E-state index contributed by atoms with van der Waals surface area (Å²) in [6, 6.07) is 5.58. The van der Waals surface area contributed by atoms with Crippen LogP contribution in [0.1, 0.15) is 51.7 Å². The SMILES string of the molecule is Cc1ccc(OCC(O)CNc2sc3c(c2C(=O)NC2CCS(=O)(=O)C2)CCC(C)C3)c(C)c1. The third-order valence-electron chi connectivity index (χ3n) is 6.57. The lowest BCUT2D eigenvalue weighted by Gasteiger charge is -2.19. The summed E-state index contributed by atoms with van der Waals surface area (Å²) in [5, 5.41) is 17.5. The van der Waals surface area contributed by atoms with Crippen LogP contribution in [0.15, 0.2) is 18.2 Å². The highest BCUT2D eigenvalue weighted by molar-refractivity contribution is 7.91. The van der Waals surface area contributed by atoms with Crippen LogP contribution in [0.4, 0.5) is 5.00 Å². The first-order valence-corrected chi connectivity index (χ1v) is 14.5. The number of thiophene rings is 1. The van der Waals surface area contributed by atoms with E-state index in [-0.39, 0.29) is 36.6 Å². The zero-order chi connectivity index (χ0) is 24.5. The molecule has 7 nitrogen and oxygen atoms in total. The first-order valence-electron chi connectivity index (χ1n) is 11.9. The number of carbonyl (C=O) groups is 1. The van der Waals surface area contributed by atoms with Crippen molar-refractivity contribution in [2.75, 3.05) is 30.0 Å². The first-order chi connectivity index (χ1) is 16.1. The maximum absolute atomic E-state index is 13.2. The highest BCUT2D eigenvalue weighted by atomic mass is 32.2. The molecule has 34 heavy (non-hydrogen) atoms. The van der Waals surface area contributed by atoms with Gasteiger partial charge in [-0.2, -0.15) is 0 Å². The minimum atomic E-state index is -3.08. The second-order valence-corrected chi connectivity index (χ2v) is 13.1. The van der Waals surface area contributed by atoms with E-state index in [1.807, 2.05) is 32.0 Å². The molecule has 3 unspecified atom stereocenters. The van der Waals surface area contributed by atoms with Gasteiger partial charge in [0.05, 0.1) is 17.1 Å². The van der Waals surface area contributed by atoms with Gasteiger partial charge in [-0.1, -0.05) is 24.6 Å². The van der Waals surface area contributed by atoms with Crippen LogP contribution in [-0.2, 0) is 22.7 Å². The van der Waals surface area contributed by atoms with Gasteiger partial charge in [0.2, 0.25) is 0 Å². The molecule has 2 aliphatic rings. The number of hydrogen-bond acceptors (Lipinski definition) is 7. The van der Waals surface area contributed by atoms with Gasteiger partial charge in [-0.25, -0.2) is 8.42 Å². The number of rotatable bonds is 8. The largest absolute Gasteiger partial charge is 0.491 e. The molecular formula is C25H34N2O5S2. The Kier molecular flexibility index (Phi) is 7.54. The molecule has 2 heterocycles. The van der Waals surface area contributed by atoms with E-state index in [0.29, 0.717) is 17.9 Å². The standard InChI is InChI=1S/C25H34N2O5S2/c1-15-5-7-21(17(3)10-15)32-13-19(28)12-26-25-23(20-6-4-16(2)11-22(20)33-25)24(29)27-18-8-9-34(30,31)14-18/h5,7,10,16,18-19,26,28H,4,6,8-9,11-14H2,1-3H3,(H,27,29). The van der Waals surface area contributed by atoms with Gasteiger partial charge in [-0.3, -0.25) is 4.79 Å². The van der Waals surface area contributed by atoms with E-state index in [0.717, 1.165) is 46.7 Å². The zero-order valence-corrected chi connectivity index (χ0v) is 21.7. The molecule has 3 N–H and O–H groups in total. The molecule has 0 radical (unpaired) electrons. The summed E-state index contributed by atoms with van der Waals surface area (Å²) in [5.41, 5.74) is 3.85. The van der Waals surface area contributed by atoms with Crippen LogP contribution in [0.2, 0.25) is 0 Å². The molecule has 4 rings (SSSR count). The molecule has 1 aliphatic carbocycles. The minimum absolute atomic E-state index is 0.000651. The van der Waals surface area contributed by atoms with Gasteiger partial charge in [0.1, 0.15) is 23.5 Å². The Morgan fingerprint density at radius 1 is 1.29 bits per heavy atom. The average Bonchev–Trinajstić information content (AvgIpc) is 3.29. The monoisotopic (exact) mass is 506 g/mol. The molecule has 2 aromatic rings. The quantitative estimate of drug-likeness (QED) is 0.508. The van der Waals surface area contributed by atoms with Crippen LogP contribution in [-0.4, -0.2) is 56.2 Å². The van der Waals surface area contributed by atoms with Crippen LogP contribution >= 0.6 is 11.3 Å². The molecule has 9 heteroatoms. The van der Waals surface area contributed by atoms with Crippen LogP contribution in [0.25, 0.3) is 0 Å². The molecule has 0 bridgehead atoms. The molecule has 1 amide bonds. The summed E-state index contributed by atoms with van der Waals surface area (Å²) in [6.45, 7) is 6.60. The average molecular weight is 507 g/mol. The number of sulfone groups is 1. The number of benzene rings is 1. The molecule has 3 atom stereocenters. The highest BCUT2D eigenvalue weighted by Gasteiger charge is 2.32. The maximum Gasteiger partial charge on any atom is 0.254 e. The Morgan fingerprint density at radius 2 is 2.09 bits per heavy atom. The Bertz CT molecular complexity index is 1160. The topological polar surface area (TPSA) is 105 Å². The van der Waals surface area contributed by atoms with Gasteiger partial charge in [-0.15, -0.1) is 11.3 Å². The van der Waals surface area contributed by atoms with Crippen molar-refractivity contribution in [3.63, 3.8) is 0 Å². The van der Waals surface area contributed by atoms with E-state index in [4.69, 9.17) is 4.74 Å². The Balaban J connectivity index is 1.43. The summed E-state index contributed by atoms with van der Waals surface area (Å²) in [7, 11) is -3.08. The van der Waals surface area contributed by atoms with Gasteiger partial charge in [0.15, 0.2) is 9.84 Å². The number of ether oxygens (including phenoxy) is 1. The molecule has 1 aromatic carbocycles. The number of amides is 1. The van der Waals surface area contributed by atoms with Gasteiger partial charge in [0.25, 0.3) is 5.91 Å². The predicted molar refractivity (Wildman–Crippen MR) is 136 cm³/mol. The molecule has 1 saturated heterocycles. The van der Waals surface area contributed by atoms with E-state index in [1.54, 1.807) is 11.3 Å². The van der Waals surface area contributed by atoms with E-state index >= 15 is 0 Å². The predicted octanol–water partition coefficient (Wildman–Crippen LogP) is 3.26. The summed E-state index contributed by atoms with van der Waals surface area (Å²) in [6.07, 6.45) is 2.48. The van der Waals surface area contributed by atoms with Crippen LogP contribution < -0.4 is 15.4 Å². The van der Waals surface area contributed by atoms with Crippen molar-refractivity contribution >= 4 is 32.1 Å². The van der Waals surface area contributed by atoms with Crippen LogP contribution in [0.3, 0.4) is 0 Å². The number of carbonyl (C=O) groups excluding carboxylic acids is 1. The maximum atomic E-state index is 13.2. The number of aryl methyl sites for hydroxylation is 2. The van der Waals surface area contributed by atoms with Crippen LogP contribution in [0.5, 0.6) is 5.75 Å². The first kappa shape index (κ1) is 25.0. The van der Waals surface area contributed by atoms with Crippen molar-refractivity contribution in [3.8, 4) is 5.75 Å². The number of aliphatic hydroxyl groups excluding tert-OH is 1. The molecule has 186 valence electrons. The second kappa shape index (κ2) is 10.3. The van der Waals surface area contributed by atoms with Crippen molar-refractivity contribution in [2.24, 2.45) is 5.92 Å². The van der Waals surface area contributed by atoms with Crippen molar-refractivity contribution in [3.05, 3.63) is 45.3 Å². The number of nitrogens with one attached hydrogen (secondary N) is 2. The lowest BCUT2D eigenvalue weighted by Crippen LogP contribution is -2.36. The highest BCUT2D eigenvalue weighted by Crippen LogP contribution is 2.39. The summed E-state index contributed by atoms with van der Waals surface area (Å²) in [5.74, 6) is 1.20. The Hall–Kier alpha value is -2.10. The van der Waals surface area contributed by atoms with Crippen LogP contribution in [0, 0.1) is 19.8 Å². The lowest BCUT2D eigenvalue weighted by atomic mass is 9.88. The molecule has 1 aromatic heterocycles. The normalized spacial score (nSPS) is 22.1. The Morgan fingerprint density at radius 3 is 2.79 bits per heavy atom. The smallest absolute Gasteiger partial charge is 0.254 e. The van der Waals surface area contributed by atoms with Gasteiger partial charge in [0, 0.05) is 17.5 Å². The summed E-state index contributed by atoms with van der Waals surface area (Å²) < 4.78 is 29.4. The Labute approximate surface area is 205 Å². The van der Waals surface area contributed by atoms with Crippen molar-refractivity contribution in [1.82, 2.24) is 5.32 Å². The summed E-state index contributed by atoms with van der Waals surface area (Å²) in [4.78, 5) is 14.4. The number of aliphatic hydroxyl groups is 1. The second-order valence-electron chi connectivity index (χ2n) is 9.74. The van der Waals surface area contributed by atoms with Gasteiger partial charge in [-0.05, 0) is 62.6 Å². The molecular weight excluding hydrogens is 472 g/mol. The van der Waals surface area contributed by atoms with E-state index in [1.165, 1.54) is 4.88 Å². The fourth-order valence-electron chi connectivity index (χ4n) is 4.70. The number of fused-ring (bicyclic) bond motifs is 1. The van der Waals surface area contributed by atoms with Crippen molar-refractivity contribution in [1.29, 1.82) is 0 Å². The van der Waals surface area contributed by atoms with E-state index in [9.17, 15) is 18.3 Å². The fourth-order valence-corrected chi connectivity index (χ4v) is 7.79. The fraction of sp³-hybridized carbons (Fsp3) is 0.560. The van der Waals surface area contributed by atoms with Crippen molar-refractivity contribution < 1.29 is 23.1 Å². The molecule has 0 spiro atoms. The molecule has 1 aliphatic heterocycles. The van der Waals surface area contributed by atoms with Crippen molar-refractivity contribution in [2.45, 2.75) is 58.6 Å². The lowest BCUT2D eigenvalue weighted by molar-refractivity contribution is 0.0940. The molecule has 1 fully saturated rings. The zero-order valence-electron chi connectivity index (χ0n) is 20.0. The van der Waals surface area contributed by atoms with Gasteiger partial charge < -0.3 is 20.5 Å². The third kappa shape index (κ3) is 5.93. The minimum Gasteiger partial charge on any atom is -0.491 e. The molecule has 0 saturated carbocycles. The van der Waals surface area contributed by atoms with Gasteiger partial charge >= 0.3 is 0 Å². The summed E-state index contributed by atoms with van der Waals surface area (Å²) >= 11 is 1.57. The van der Waals surface area contributed by atoms with E-state index < -0.39 is 15.9 Å². The number of hydrogen-bond donors (Lipinski definition) is 3. The number of anilines is 1. The van der Waals surface area contributed by atoms with E-state index in [2.05, 4.69) is 17.6 Å².